The van der Waals surface area contributed by atoms with Crippen LogP contribution in [0.4, 0.5) is 4.39 Å². The van der Waals surface area contributed by atoms with Crippen molar-refractivity contribution in [3.8, 4) is 5.75 Å². The number of fused-ring (bicyclic) bond motifs is 1. The zero-order valence-corrected chi connectivity index (χ0v) is 7.06. The topological polar surface area (TPSA) is 9.23 Å². The van der Waals surface area contributed by atoms with E-state index in [4.69, 9.17) is 4.74 Å². The average molecular weight is 166 g/mol. The second kappa shape index (κ2) is 2.77. The Bertz CT molecular complexity index is 276. The molecule has 0 N–H and O–H groups in total. The number of rotatable bonds is 0. The van der Waals surface area contributed by atoms with Crippen LogP contribution in [0.25, 0.3) is 0 Å². The summed E-state index contributed by atoms with van der Waals surface area (Å²) in [5.74, 6) is 0.636. The molecule has 1 nitrogen and oxygen atoms in total. The molecule has 1 aromatic carbocycles. The summed E-state index contributed by atoms with van der Waals surface area (Å²) in [6, 6.07) is 3.28. The molecule has 2 rings (SSSR count). The minimum absolute atomic E-state index is 0.129. The van der Waals surface area contributed by atoms with Crippen LogP contribution in [0.3, 0.4) is 0 Å². The third-order valence-corrected chi connectivity index (χ3v) is 2.22. The lowest BCUT2D eigenvalue weighted by Gasteiger charge is -2.19. The summed E-state index contributed by atoms with van der Waals surface area (Å²) >= 11 is 0. The lowest BCUT2D eigenvalue weighted by molar-refractivity contribution is 0.282. The summed E-state index contributed by atoms with van der Waals surface area (Å²) in [6.45, 7) is 2.67. The fourth-order valence-electron chi connectivity index (χ4n) is 1.58. The Kier molecular flexibility index (Phi) is 1.75. The van der Waals surface area contributed by atoms with Gasteiger partial charge in [0.25, 0.3) is 0 Å². The molecule has 1 aliphatic heterocycles. The number of halogens is 1. The van der Waals surface area contributed by atoms with Crippen LogP contribution in [0.15, 0.2) is 12.1 Å². The van der Waals surface area contributed by atoms with E-state index in [0.717, 1.165) is 36.3 Å². The number of benzene rings is 1. The van der Waals surface area contributed by atoms with Gasteiger partial charge in [0.05, 0.1) is 6.61 Å². The van der Waals surface area contributed by atoms with Gasteiger partial charge >= 0.3 is 0 Å². The van der Waals surface area contributed by atoms with Gasteiger partial charge in [-0.1, -0.05) is 6.07 Å². The van der Waals surface area contributed by atoms with Gasteiger partial charge in [0.1, 0.15) is 11.6 Å². The normalized spacial score (nSPS) is 15.2. The molecule has 0 aromatic heterocycles. The van der Waals surface area contributed by atoms with E-state index in [1.807, 2.05) is 6.92 Å². The fraction of sp³-hybridized carbons (Fsp3) is 0.400. The van der Waals surface area contributed by atoms with E-state index >= 15 is 0 Å². The summed E-state index contributed by atoms with van der Waals surface area (Å²) in [5, 5.41) is 0. The zero-order chi connectivity index (χ0) is 8.55. The van der Waals surface area contributed by atoms with E-state index in [0.29, 0.717) is 0 Å². The SMILES string of the molecule is Cc1ccc(F)c2c1OCCC2. The number of aryl methyl sites for hydroxylation is 1. The summed E-state index contributed by atoms with van der Waals surface area (Å²) in [6.07, 6.45) is 1.73. The predicted octanol–water partition coefficient (Wildman–Crippen LogP) is 2.46. The minimum atomic E-state index is -0.129. The third kappa shape index (κ3) is 1.07. The number of hydrogen-bond donors (Lipinski definition) is 0. The van der Waals surface area contributed by atoms with Crippen molar-refractivity contribution in [2.24, 2.45) is 0 Å². The number of ether oxygens (including phenoxy) is 1. The second-order valence-electron chi connectivity index (χ2n) is 3.12. The quantitative estimate of drug-likeness (QED) is 0.575. The molecule has 0 amide bonds. The van der Waals surface area contributed by atoms with Crippen molar-refractivity contribution in [3.63, 3.8) is 0 Å². The minimum Gasteiger partial charge on any atom is -0.493 e. The Labute approximate surface area is 71.2 Å². The van der Waals surface area contributed by atoms with Crippen LogP contribution >= 0.6 is 0 Å². The van der Waals surface area contributed by atoms with E-state index < -0.39 is 0 Å². The monoisotopic (exact) mass is 166 g/mol. The highest BCUT2D eigenvalue weighted by molar-refractivity contribution is 5.42. The summed E-state index contributed by atoms with van der Waals surface area (Å²) < 4.78 is 18.6. The Morgan fingerprint density at radius 2 is 2.25 bits per heavy atom. The van der Waals surface area contributed by atoms with E-state index in [-0.39, 0.29) is 5.82 Å². The third-order valence-electron chi connectivity index (χ3n) is 2.22. The van der Waals surface area contributed by atoms with E-state index in [1.54, 1.807) is 6.07 Å². The molecule has 0 saturated carbocycles. The standard InChI is InChI=1S/C10H11FO/c1-7-4-5-9(11)8-3-2-6-12-10(7)8/h4-5H,2-3,6H2,1H3. The Morgan fingerprint density at radius 1 is 1.42 bits per heavy atom. The lowest BCUT2D eigenvalue weighted by atomic mass is 10.0. The molecule has 0 spiro atoms. The van der Waals surface area contributed by atoms with E-state index in [9.17, 15) is 4.39 Å². The first-order chi connectivity index (χ1) is 5.79. The van der Waals surface area contributed by atoms with Gasteiger partial charge < -0.3 is 4.74 Å². The number of hydrogen-bond acceptors (Lipinski definition) is 1. The van der Waals surface area contributed by atoms with Gasteiger partial charge in [0, 0.05) is 5.56 Å². The van der Waals surface area contributed by atoms with Crippen LogP contribution in [-0.4, -0.2) is 6.61 Å². The molecule has 2 heteroatoms. The maximum atomic E-state index is 13.2. The van der Waals surface area contributed by atoms with Crippen LogP contribution in [0.1, 0.15) is 17.5 Å². The molecule has 0 atom stereocenters. The van der Waals surface area contributed by atoms with Crippen molar-refractivity contribution in [1.82, 2.24) is 0 Å². The lowest BCUT2D eigenvalue weighted by Crippen LogP contribution is -2.11. The molecule has 0 radical (unpaired) electrons. The van der Waals surface area contributed by atoms with Gasteiger partial charge in [-0.25, -0.2) is 4.39 Å². The highest BCUT2D eigenvalue weighted by Crippen LogP contribution is 2.30. The molecular weight excluding hydrogens is 155 g/mol. The predicted molar refractivity (Wildman–Crippen MR) is 45.0 cm³/mol. The van der Waals surface area contributed by atoms with Gasteiger partial charge in [0.2, 0.25) is 0 Å². The van der Waals surface area contributed by atoms with Crippen molar-refractivity contribution in [1.29, 1.82) is 0 Å². The van der Waals surface area contributed by atoms with Crippen LogP contribution < -0.4 is 4.74 Å². The largest absolute Gasteiger partial charge is 0.493 e. The van der Waals surface area contributed by atoms with Crippen LogP contribution in [0.5, 0.6) is 5.75 Å². The van der Waals surface area contributed by atoms with Crippen LogP contribution in [0.2, 0.25) is 0 Å². The molecule has 0 fully saturated rings. The molecule has 1 aromatic rings. The summed E-state index contributed by atoms with van der Waals surface area (Å²) in [4.78, 5) is 0. The highest BCUT2D eigenvalue weighted by atomic mass is 19.1. The molecule has 1 aliphatic rings. The van der Waals surface area contributed by atoms with Gasteiger partial charge in [-0.3, -0.25) is 0 Å². The molecule has 1 heterocycles. The van der Waals surface area contributed by atoms with E-state index in [2.05, 4.69) is 0 Å². The summed E-state index contributed by atoms with van der Waals surface area (Å²) in [5.41, 5.74) is 1.78. The van der Waals surface area contributed by atoms with Crippen LogP contribution in [0, 0.1) is 12.7 Å². The maximum Gasteiger partial charge on any atom is 0.130 e. The second-order valence-corrected chi connectivity index (χ2v) is 3.12. The molecule has 12 heavy (non-hydrogen) atoms. The van der Waals surface area contributed by atoms with Crippen molar-refractivity contribution in [2.45, 2.75) is 19.8 Å². The first-order valence-corrected chi connectivity index (χ1v) is 4.20. The van der Waals surface area contributed by atoms with Crippen molar-refractivity contribution >= 4 is 0 Å². The van der Waals surface area contributed by atoms with Gasteiger partial charge in [0.15, 0.2) is 0 Å². The molecule has 0 unspecified atom stereocenters. The Hall–Kier alpha value is -1.05. The molecular formula is C10H11FO. The first-order valence-electron chi connectivity index (χ1n) is 4.20. The maximum absolute atomic E-state index is 13.2. The average Bonchev–Trinajstić information content (AvgIpc) is 2.12. The Morgan fingerprint density at radius 3 is 3.00 bits per heavy atom. The van der Waals surface area contributed by atoms with Crippen molar-refractivity contribution < 1.29 is 9.13 Å². The smallest absolute Gasteiger partial charge is 0.130 e. The van der Waals surface area contributed by atoms with Crippen LogP contribution in [-0.2, 0) is 6.42 Å². The molecule has 0 bridgehead atoms. The zero-order valence-electron chi connectivity index (χ0n) is 7.06. The fourth-order valence-corrected chi connectivity index (χ4v) is 1.58. The van der Waals surface area contributed by atoms with Gasteiger partial charge in [-0.05, 0) is 31.4 Å². The molecule has 0 aliphatic carbocycles. The van der Waals surface area contributed by atoms with Gasteiger partial charge in [-0.2, -0.15) is 0 Å². The van der Waals surface area contributed by atoms with Crippen molar-refractivity contribution in [2.75, 3.05) is 6.61 Å². The van der Waals surface area contributed by atoms with Gasteiger partial charge in [-0.15, -0.1) is 0 Å². The van der Waals surface area contributed by atoms with Crippen molar-refractivity contribution in [3.05, 3.63) is 29.1 Å². The molecule has 0 saturated heterocycles. The molecule has 64 valence electrons. The highest BCUT2D eigenvalue weighted by Gasteiger charge is 2.16. The summed E-state index contributed by atoms with van der Waals surface area (Å²) in [7, 11) is 0. The van der Waals surface area contributed by atoms with E-state index in [1.165, 1.54) is 6.07 Å². The first kappa shape index (κ1) is 7.59. The Balaban J connectivity index is 2.57.